The molecule has 7 nitrogen and oxygen atoms in total. The van der Waals surface area contributed by atoms with E-state index in [0.29, 0.717) is 41.5 Å². The van der Waals surface area contributed by atoms with E-state index in [4.69, 9.17) is 18.9 Å². The third kappa shape index (κ3) is 5.65. The Morgan fingerprint density at radius 2 is 1.67 bits per heavy atom. The Bertz CT molecular complexity index is 1120. The molecular weight excluding hydrogens is 427 g/mol. The lowest BCUT2D eigenvalue weighted by Crippen LogP contribution is -2.40. The summed E-state index contributed by atoms with van der Waals surface area (Å²) in [5.41, 5.74) is 2.37. The zero-order chi connectivity index (χ0) is 23.2. The highest BCUT2D eigenvalue weighted by molar-refractivity contribution is 5.91. The first kappa shape index (κ1) is 22.3. The number of fused-ring (bicyclic) bond motifs is 1. The maximum absolute atomic E-state index is 13.4. The van der Waals surface area contributed by atoms with Crippen LogP contribution >= 0.6 is 0 Å². The van der Waals surface area contributed by atoms with Crippen LogP contribution in [0.3, 0.4) is 0 Å². The molecule has 8 heteroatoms. The summed E-state index contributed by atoms with van der Waals surface area (Å²) in [5, 5.41) is 5.85. The zero-order valence-electron chi connectivity index (χ0n) is 18.4. The largest absolute Gasteiger partial charge is 0.497 e. The maximum Gasteiger partial charge on any atom is 0.319 e. The van der Waals surface area contributed by atoms with Crippen LogP contribution in [0.5, 0.6) is 23.0 Å². The van der Waals surface area contributed by atoms with Crippen LogP contribution in [0.1, 0.15) is 11.1 Å². The van der Waals surface area contributed by atoms with Gasteiger partial charge in [0.1, 0.15) is 17.3 Å². The van der Waals surface area contributed by atoms with Crippen molar-refractivity contribution in [2.24, 2.45) is 0 Å². The van der Waals surface area contributed by atoms with Crippen molar-refractivity contribution in [3.8, 4) is 23.0 Å². The Morgan fingerprint density at radius 1 is 0.939 bits per heavy atom. The third-order valence-corrected chi connectivity index (χ3v) is 5.30. The van der Waals surface area contributed by atoms with Gasteiger partial charge in [-0.05, 0) is 60.4 Å². The molecule has 172 valence electrons. The molecule has 4 rings (SSSR count). The number of amides is 2. The second-order valence-corrected chi connectivity index (χ2v) is 7.58. The van der Waals surface area contributed by atoms with Gasteiger partial charge in [0.25, 0.3) is 0 Å². The van der Waals surface area contributed by atoms with Crippen molar-refractivity contribution in [3.63, 3.8) is 0 Å². The Hall–Kier alpha value is -3.94. The summed E-state index contributed by atoms with van der Waals surface area (Å²) >= 11 is 0. The molecule has 0 fully saturated rings. The monoisotopic (exact) mass is 452 g/mol. The van der Waals surface area contributed by atoms with Crippen LogP contribution in [-0.2, 0) is 12.8 Å². The van der Waals surface area contributed by atoms with Crippen molar-refractivity contribution < 1.29 is 28.1 Å². The van der Waals surface area contributed by atoms with E-state index in [1.54, 1.807) is 37.4 Å². The Balaban J connectivity index is 1.51. The molecule has 3 aromatic carbocycles. The van der Waals surface area contributed by atoms with Gasteiger partial charge in [-0.2, -0.15) is 0 Å². The lowest BCUT2D eigenvalue weighted by molar-refractivity contribution is 0.174. The van der Waals surface area contributed by atoms with E-state index in [9.17, 15) is 9.18 Å². The Kier molecular flexibility index (Phi) is 6.83. The number of ether oxygens (including phenoxy) is 4. The average Bonchev–Trinajstić information content (AvgIpc) is 3.28. The lowest BCUT2D eigenvalue weighted by Gasteiger charge is -2.20. The number of methoxy groups -OCH3 is 2. The highest BCUT2D eigenvalue weighted by Crippen LogP contribution is 2.33. The number of hydrogen-bond donors (Lipinski definition) is 2. The highest BCUT2D eigenvalue weighted by Gasteiger charge is 2.19. The van der Waals surface area contributed by atoms with Gasteiger partial charge < -0.3 is 29.6 Å². The molecule has 0 aromatic heterocycles. The van der Waals surface area contributed by atoms with Crippen LogP contribution in [0.15, 0.2) is 60.7 Å². The van der Waals surface area contributed by atoms with E-state index in [-0.39, 0.29) is 18.7 Å². The summed E-state index contributed by atoms with van der Waals surface area (Å²) in [7, 11) is 3.08. The molecule has 1 atom stereocenters. The lowest BCUT2D eigenvalue weighted by atomic mass is 9.98. The van der Waals surface area contributed by atoms with Crippen molar-refractivity contribution in [1.29, 1.82) is 0 Å². The molecule has 0 aliphatic carbocycles. The zero-order valence-corrected chi connectivity index (χ0v) is 18.4. The average molecular weight is 452 g/mol. The molecule has 0 saturated heterocycles. The highest BCUT2D eigenvalue weighted by atomic mass is 19.1. The number of hydrogen-bond acceptors (Lipinski definition) is 5. The summed E-state index contributed by atoms with van der Waals surface area (Å²) in [6.45, 7) is 0.195. The number of carbonyl (C=O) groups is 1. The molecule has 33 heavy (non-hydrogen) atoms. The van der Waals surface area contributed by atoms with Crippen LogP contribution in [-0.4, -0.2) is 33.1 Å². The molecule has 0 spiro atoms. The molecule has 2 amide bonds. The second kappa shape index (κ2) is 10.1. The molecule has 2 N–H and O–H groups in total. The summed E-state index contributed by atoms with van der Waals surface area (Å²) in [6.07, 6.45) is 1.05. The number of carbonyl (C=O) groups excluding carboxylic acids is 1. The summed E-state index contributed by atoms with van der Waals surface area (Å²) in [6, 6.07) is 16.4. The van der Waals surface area contributed by atoms with Gasteiger partial charge in [0.05, 0.1) is 19.9 Å². The van der Waals surface area contributed by atoms with Gasteiger partial charge in [0.15, 0.2) is 11.5 Å². The minimum atomic E-state index is -0.394. The molecule has 1 heterocycles. The summed E-state index contributed by atoms with van der Waals surface area (Å²) in [4.78, 5) is 12.9. The van der Waals surface area contributed by atoms with Crippen molar-refractivity contribution in [2.45, 2.75) is 18.9 Å². The van der Waals surface area contributed by atoms with E-state index in [1.807, 2.05) is 18.2 Å². The first-order valence-corrected chi connectivity index (χ1v) is 10.5. The smallest absolute Gasteiger partial charge is 0.319 e. The molecule has 0 bridgehead atoms. The SMILES string of the molecule is COc1ccc(OC)c(NC(=O)NC(Cc2ccc(F)cc2)Cc2ccc3c(c2)OCO3)c1. The fourth-order valence-electron chi connectivity index (χ4n) is 3.69. The molecule has 0 saturated carbocycles. The minimum absolute atomic E-state index is 0.195. The van der Waals surface area contributed by atoms with Crippen molar-refractivity contribution >= 4 is 11.7 Å². The minimum Gasteiger partial charge on any atom is -0.497 e. The molecule has 3 aromatic rings. The van der Waals surface area contributed by atoms with Crippen molar-refractivity contribution in [1.82, 2.24) is 5.32 Å². The van der Waals surface area contributed by atoms with E-state index in [0.717, 1.165) is 11.1 Å². The topological polar surface area (TPSA) is 78.1 Å². The van der Waals surface area contributed by atoms with Gasteiger partial charge in [0.2, 0.25) is 6.79 Å². The quantitative estimate of drug-likeness (QED) is 0.525. The first-order valence-electron chi connectivity index (χ1n) is 10.5. The van der Waals surface area contributed by atoms with Crippen LogP contribution in [0.2, 0.25) is 0 Å². The first-order chi connectivity index (χ1) is 16.0. The van der Waals surface area contributed by atoms with E-state index < -0.39 is 6.03 Å². The maximum atomic E-state index is 13.4. The van der Waals surface area contributed by atoms with E-state index in [1.165, 1.54) is 19.2 Å². The standard InChI is InChI=1S/C25H25FN2O5/c1-30-20-8-10-22(31-2)21(14-20)28-25(29)27-19(11-16-3-6-18(26)7-4-16)12-17-5-9-23-24(13-17)33-15-32-23/h3-10,13-14,19H,11-12,15H2,1-2H3,(H2,27,28,29). The number of nitrogens with one attached hydrogen (secondary N) is 2. The fourth-order valence-corrected chi connectivity index (χ4v) is 3.69. The van der Waals surface area contributed by atoms with E-state index >= 15 is 0 Å². The van der Waals surface area contributed by atoms with Crippen molar-refractivity contribution in [3.05, 3.63) is 77.6 Å². The fraction of sp³-hybridized carbons (Fsp3) is 0.240. The van der Waals surface area contributed by atoms with Gasteiger partial charge in [-0.1, -0.05) is 18.2 Å². The van der Waals surface area contributed by atoms with E-state index in [2.05, 4.69) is 10.6 Å². The van der Waals surface area contributed by atoms with Crippen molar-refractivity contribution in [2.75, 3.05) is 26.3 Å². The number of urea groups is 1. The van der Waals surface area contributed by atoms with Gasteiger partial charge in [-0.15, -0.1) is 0 Å². The van der Waals surface area contributed by atoms with Gasteiger partial charge in [-0.3, -0.25) is 0 Å². The third-order valence-electron chi connectivity index (χ3n) is 5.30. The molecule has 0 radical (unpaired) electrons. The molecule has 1 aliphatic heterocycles. The predicted octanol–water partition coefficient (Wildman–Crippen LogP) is 4.55. The molecule has 1 unspecified atom stereocenters. The Morgan fingerprint density at radius 3 is 2.42 bits per heavy atom. The van der Waals surface area contributed by atoms with Crippen LogP contribution < -0.4 is 29.6 Å². The second-order valence-electron chi connectivity index (χ2n) is 7.58. The molecular formula is C25H25FN2O5. The van der Waals surface area contributed by atoms with Gasteiger partial charge in [-0.25, -0.2) is 9.18 Å². The van der Waals surface area contributed by atoms with Gasteiger partial charge in [0, 0.05) is 12.1 Å². The van der Waals surface area contributed by atoms with Crippen LogP contribution in [0, 0.1) is 5.82 Å². The number of rotatable bonds is 8. The van der Waals surface area contributed by atoms with Gasteiger partial charge >= 0.3 is 6.03 Å². The predicted molar refractivity (Wildman–Crippen MR) is 122 cm³/mol. The van der Waals surface area contributed by atoms with Crippen LogP contribution in [0.4, 0.5) is 14.9 Å². The summed E-state index contributed by atoms with van der Waals surface area (Å²) in [5.74, 6) is 2.18. The summed E-state index contributed by atoms with van der Waals surface area (Å²) < 4.78 is 34.8. The number of anilines is 1. The normalized spacial score (nSPS) is 12.7. The molecule has 1 aliphatic rings. The number of benzene rings is 3. The van der Waals surface area contributed by atoms with Crippen LogP contribution in [0.25, 0.3) is 0 Å². The number of halogens is 1. The Labute approximate surface area is 191 Å².